The summed E-state index contributed by atoms with van der Waals surface area (Å²) >= 11 is 0. The van der Waals surface area contributed by atoms with Crippen molar-refractivity contribution in [1.29, 1.82) is 0 Å². The van der Waals surface area contributed by atoms with E-state index in [1.54, 1.807) is 104 Å². The van der Waals surface area contributed by atoms with Gasteiger partial charge in [-0.1, -0.05) is 30.3 Å². The number of phenols is 2. The van der Waals surface area contributed by atoms with E-state index in [0.717, 1.165) is 24.3 Å². The van der Waals surface area contributed by atoms with Gasteiger partial charge in [-0.15, -0.1) is 0 Å². The van der Waals surface area contributed by atoms with E-state index in [0.29, 0.717) is 108 Å². The van der Waals surface area contributed by atoms with Gasteiger partial charge in [0.1, 0.15) is 4.90 Å². The van der Waals surface area contributed by atoms with Crippen LogP contribution >= 0.6 is 0 Å². The van der Waals surface area contributed by atoms with Crippen LogP contribution in [0.2, 0.25) is 0 Å². The molecule has 1 aliphatic carbocycles. The first-order valence-electron chi connectivity index (χ1n) is 23.9. The molecule has 0 unspecified atom stereocenters. The molecule has 7 rings (SSSR count). The van der Waals surface area contributed by atoms with E-state index in [-0.39, 0.29) is 11.1 Å². The molecule has 5 N–H and O–H groups in total. The molecule has 0 saturated carbocycles. The number of allylic oxidation sites excluding steroid dienone is 5. The lowest BCUT2D eigenvalue weighted by Gasteiger charge is -2.22. The van der Waals surface area contributed by atoms with Crippen molar-refractivity contribution in [3.63, 3.8) is 0 Å². The number of benzene rings is 6. The van der Waals surface area contributed by atoms with Crippen molar-refractivity contribution >= 4 is 82.9 Å². The fourth-order valence-corrected chi connectivity index (χ4v) is 11.0. The highest BCUT2D eigenvalue weighted by Gasteiger charge is 2.31. The lowest BCUT2D eigenvalue weighted by Crippen LogP contribution is -2.11. The third kappa shape index (κ3) is 12.0. The second-order valence-electron chi connectivity index (χ2n) is 19.2. The van der Waals surface area contributed by atoms with Gasteiger partial charge in [0.05, 0.1) is 59.2 Å². The van der Waals surface area contributed by atoms with E-state index in [9.17, 15) is 86.2 Å². The molecule has 6 aromatic rings. The second kappa shape index (κ2) is 22.2. The van der Waals surface area contributed by atoms with Crippen LogP contribution in [0.5, 0.6) is 11.5 Å². The van der Waals surface area contributed by atoms with Gasteiger partial charge in [-0.05, 0) is 164 Å². The molecule has 0 radical (unpaired) electrons. The molecule has 0 aromatic heterocycles. The highest BCUT2D eigenvalue weighted by atomic mass is 32.2. The van der Waals surface area contributed by atoms with Gasteiger partial charge in [0.15, 0.2) is 11.6 Å². The molecule has 6 aromatic carbocycles. The highest BCUT2D eigenvalue weighted by Crippen LogP contribution is 2.42. The Morgan fingerprint density at radius 3 is 1.56 bits per heavy atom. The number of nitro groups is 4. The topological polar surface area (TPSA) is 380 Å². The lowest BCUT2D eigenvalue weighted by molar-refractivity contribution is -0.395. The number of carbonyl (C=O) groups excluding carboxylic acids is 2. The van der Waals surface area contributed by atoms with Crippen molar-refractivity contribution in [2.24, 2.45) is 4.99 Å². The predicted molar refractivity (Wildman–Crippen MR) is 297 cm³/mol. The van der Waals surface area contributed by atoms with Gasteiger partial charge in [-0.3, -0.25) is 59.2 Å². The fourth-order valence-electron chi connectivity index (χ4n) is 9.70. The molecule has 0 aliphatic heterocycles. The zero-order valence-corrected chi connectivity index (χ0v) is 45.8. The van der Waals surface area contributed by atoms with Crippen molar-refractivity contribution in [2.45, 2.75) is 78.0 Å². The summed E-state index contributed by atoms with van der Waals surface area (Å²) in [6.07, 6.45) is 3.97. The number of non-ortho nitro benzene ring substituents is 2. The number of aromatic hydroxyl groups is 2. The number of aryl methyl sites for hydroxylation is 5. The van der Waals surface area contributed by atoms with Gasteiger partial charge in [0.25, 0.3) is 31.6 Å². The van der Waals surface area contributed by atoms with Gasteiger partial charge >= 0.3 is 11.4 Å². The summed E-state index contributed by atoms with van der Waals surface area (Å²) in [5.41, 5.74) is 3.10. The summed E-state index contributed by atoms with van der Waals surface area (Å²) in [7, 11) is -10.2. The Bertz CT molecular complexity index is 4200. The summed E-state index contributed by atoms with van der Waals surface area (Å²) in [6.45, 7) is 13.8. The van der Waals surface area contributed by atoms with Crippen LogP contribution in [0.1, 0.15) is 88.8 Å². The number of aliphatic imine (C=N–C) groups is 1. The largest absolute Gasteiger partial charge is 0.502 e. The first-order valence-corrected chi connectivity index (χ1v) is 26.8. The second-order valence-corrected chi connectivity index (χ2v) is 22.0. The summed E-state index contributed by atoms with van der Waals surface area (Å²) < 4.78 is 71.4. The molecular formula is C55H48N6O18S2. The first kappa shape index (κ1) is 59.0. The summed E-state index contributed by atoms with van der Waals surface area (Å²) in [6, 6.07) is 13.7. The number of nitrogens with zero attached hydrogens (tertiary/aromatic N) is 5. The molecular weight excluding hydrogens is 1100 g/mol. The molecule has 24 nitrogen and oxygen atoms in total. The molecule has 0 heterocycles. The van der Waals surface area contributed by atoms with Gasteiger partial charge in [-0.25, -0.2) is 4.99 Å². The molecule has 0 bridgehead atoms. The van der Waals surface area contributed by atoms with Crippen molar-refractivity contribution in [1.82, 2.24) is 0 Å². The van der Waals surface area contributed by atoms with E-state index in [1.807, 2.05) is 0 Å². The van der Waals surface area contributed by atoms with E-state index in [2.05, 4.69) is 5.32 Å². The van der Waals surface area contributed by atoms with Crippen molar-refractivity contribution in [3.8, 4) is 11.5 Å². The number of hydrogen-bond acceptors (Lipinski definition) is 18. The molecule has 0 saturated heterocycles. The Hall–Kier alpha value is -9.63. The average Bonchev–Trinajstić information content (AvgIpc) is 3.59. The van der Waals surface area contributed by atoms with E-state index in [4.69, 9.17) is 4.99 Å². The van der Waals surface area contributed by atoms with Crippen LogP contribution in [0.4, 0.5) is 39.8 Å². The van der Waals surface area contributed by atoms with E-state index >= 15 is 0 Å². The quantitative estimate of drug-likeness (QED) is 0.0245. The van der Waals surface area contributed by atoms with Crippen LogP contribution in [0.3, 0.4) is 0 Å². The van der Waals surface area contributed by atoms with Crippen LogP contribution in [0.25, 0.3) is 5.57 Å². The minimum atomic E-state index is -5.23. The third-order valence-corrected chi connectivity index (χ3v) is 15.5. The molecule has 81 heavy (non-hydrogen) atoms. The molecule has 418 valence electrons. The van der Waals surface area contributed by atoms with E-state index < -0.39 is 120 Å². The van der Waals surface area contributed by atoms with Gasteiger partial charge in [0.2, 0.25) is 11.5 Å². The molecule has 0 atom stereocenters. The number of nitro benzene ring substituents is 4. The first-order chi connectivity index (χ1) is 37.7. The van der Waals surface area contributed by atoms with Crippen molar-refractivity contribution in [2.75, 3.05) is 5.32 Å². The third-order valence-electron chi connectivity index (χ3n) is 13.8. The number of Topliss-reactive ketones (excluding diaryl/α,β-unsaturated/α-hetero) is 2. The van der Waals surface area contributed by atoms with Crippen LogP contribution < -0.4 is 5.32 Å². The van der Waals surface area contributed by atoms with Crippen LogP contribution in [0, 0.1) is 88.9 Å². The molecule has 0 fully saturated rings. The summed E-state index contributed by atoms with van der Waals surface area (Å²) in [5, 5.41) is 71.2. The Morgan fingerprint density at radius 2 is 1.09 bits per heavy atom. The highest BCUT2D eigenvalue weighted by molar-refractivity contribution is 7.86. The standard InChI is InChI=1S/C55H48N6O18S2/c1-26-15-30(5)52(32(7)40(26)24-48(62)42-19-36(58(66)67)21-46(54(42)64)60(70)71)56-44-13-9-34(17-28(44)3)51(39-12-11-38(80(74,75)76)23-50(39)81(77,78)79)35-10-14-45(29(4)18-35)57-53-31(6)16-27(2)41(33(53)8)25-49(63)43-20-37(59(68)69)22-47(55(43)65)61(72)73/h9-23,56,64-65H,24-25H2,1-8H3,(H,74,75,76)(H,77,78,79). The Balaban J connectivity index is 1.31. The zero-order chi connectivity index (χ0) is 60.1. The van der Waals surface area contributed by atoms with Gasteiger partial charge in [-0.2, -0.15) is 16.8 Å². The monoisotopic (exact) mass is 1140 g/mol. The zero-order valence-electron chi connectivity index (χ0n) is 44.1. The minimum absolute atomic E-state index is 0.148. The Kier molecular flexibility index (Phi) is 16.2. The predicted octanol–water partition coefficient (Wildman–Crippen LogP) is 11.1. The maximum atomic E-state index is 13.7. The van der Waals surface area contributed by atoms with Crippen LogP contribution in [-0.2, 0) is 33.1 Å². The maximum absolute atomic E-state index is 13.7. The number of hydrogen-bond donors (Lipinski definition) is 5. The Labute approximate surface area is 461 Å². The number of ketones is 2. The molecule has 26 heteroatoms. The fraction of sp³-hybridized carbons (Fsp3) is 0.182. The van der Waals surface area contributed by atoms with Crippen LogP contribution in [-0.4, -0.2) is 73.1 Å². The number of phenolic OH excluding ortho intramolecular Hbond substituents is 2. The molecule has 0 spiro atoms. The van der Waals surface area contributed by atoms with E-state index in [1.165, 1.54) is 0 Å². The summed E-state index contributed by atoms with van der Waals surface area (Å²) in [4.78, 5) is 73.2. The van der Waals surface area contributed by atoms with Crippen molar-refractivity contribution in [3.05, 3.63) is 215 Å². The number of anilines is 2. The minimum Gasteiger partial charge on any atom is -0.502 e. The number of carbonyl (C=O) groups is 2. The smallest absolute Gasteiger partial charge is 0.318 e. The molecule has 1 aliphatic rings. The average molecular weight is 1150 g/mol. The van der Waals surface area contributed by atoms with Crippen molar-refractivity contribution < 1.29 is 65.4 Å². The Morgan fingerprint density at radius 1 is 0.568 bits per heavy atom. The lowest BCUT2D eigenvalue weighted by atomic mass is 9.88. The van der Waals surface area contributed by atoms with Crippen LogP contribution in [0.15, 0.2) is 117 Å². The number of nitrogens with one attached hydrogen (secondary N) is 1. The normalized spacial score (nSPS) is 13.7. The SMILES string of the molecule is CC1=CC(=C(c2ccc(Nc3c(C)cc(C)c(CC(=O)c4cc([N+](=O)[O-])cc([N+](=O)[O-])c4O)c3C)c(C)c2)c2ccc(S(=O)(=O)O)cc2S(=O)(=O)O)C=CC1=Nc1c(C)cc(C)c(CC(=O)c2cc([N+](=O)[O-])cc([N+](=O)[O-])c2O)c1C. The summed E-state index contributed by atoms with van der Waals surface area (Å²) in [5.74, 6) is -3.74. The number of rotatable bonds is 17. The maximum Gasteiger partial charge on any atom is 0.318 e. The van der Waals surface area contributed by atoms with Gasteiger partial charge < -0.3 is 15.5 Å². The molecule has 0 amide bonds. The van der Waals surface area contributed by atoms with Gasteiger partial charge in [0, 0.05) is 41.9 Å².